The van der Waals surface area contributed by atoms with E-state index in [0.29, 0.717) is 12.0 Å². The molecule has 0 bridgehead atoms. The lowest BCUT2D eigenvalue weighted by atomic mass is 10.0. The van der Waals surface area contributed by atoms with E-state index in [4.69, 9.17) is 0 Å². The average molecular weight is 258 g/mol. The molecule has 2 rings (SSSR count). The summed E-state index contributed by atoms with van der Waals surface area (Å²) in [6.45, 7) is 5.05. The molecule has 0 aliphatic rings. The van der Waals surface area contributed by atoms with Crippen LogP contribution in [0.3, 0.4) is 0 Å². The van der Waals surface area contributed by atoms with Crippen LogP contribution in [0.25, 0.3) is 0 Å². The SMILES string of the molecule is CCNC(C)c1ccc(F)c(Cc2ccccn2)c1. The number of rotatable bonds is 5. The third-order valence-electron chi connectivity index (χ3n) is 3.18. The molecule has 0 saturated carbocycles. The molecule has 0 amide bonds. The van der Waals surface area contributed by atoms with Crippen LogP contribution in [-0.4, -0.2) is 11.5 Å². The number of pyridine rings is 1. The molecule has 0 spiro atoms. The zero-order valence-electron chi connectivity index (χ0n) is 11.4. The highest BCUT2D eigenvalue weighted by Crippen LogP contribution is 2.19. The lowest BCUT2D eigenvalue weighted by molar-refractivity contribution is 0.586. The van der Waals surface area contributed by atoms with E-state index < -0.39 is 0 Å². The van der Waals surface area contributed by atoms with Crippen molar-refractivity contribution in [2.24, 2.45) is 0 Å². The van der Waals surface area contributed by atoms with Crippen LogP contribution >= 0.6 is 0 Å². The second-order valence-corrected chi connectivity index (χ2v) is 4.63. The van der Waals surface area contributed by atoms with Crippen LogP contribution in [0.2, 0.25) is 0 Å². The molecule has 2 aromatic rings. The molecule has 1 heterocycles. The third-order valence-corrected chi connectivity index (χ3v) is 3.18. The largest absolute Gasteiger partial charge is 0.310 e. The molecule has 2 nitrogen and oxygen atoms in total. The van der Waals surface area contributed by atoms with Gasteiger partial charge in [-0.3, -0.25) is 4.98 Å². The third kappa shape index (κ3) is 3.61. The van der Waals surface area contributed by atoms with Gasteiger partial charge in [-0.05, 0) is 42.8 Å². The van der Waals surface area contributed by atoms with Crippen molar-refractivity contribution in [2.75, 3.05) is 6.54 Å². The van der Waals surface area contributed by atoms with Crippen molar-refractivity contribution in [1.29, 1.82) is 0 Å². The van der Waals surface area contributed by atoms with E-state index in [1.807, 2.05) is 30.3 Å². The highest BCUT2D eigenvalue weighted by molar-refractivity contribution is 5.30. The fourth-order valence-corrected chi connectivity index (χ4v) is 2.12. The molecule has 3 heteroatoms. The van der Waals surface area contributed by atoms with Crippen LogP contribution in [0.15, 0.2) is 42.6 Å². The second-order valence-electron chi connectivity index (χ2n) is 4.63. The van der Waals surface area contributed by atoms with Gasteiger partial charge in [-0.15, -0.1) is 0 Å². The van der Waals surface area contributed by atoms with Gasteiger partial charge >= 0.3 is 0 Å². The van der Waals surface area contributed by atoms with Crippen molar-refractivity contribution in [2.45, 2.75) is 26.3 Å². The minimum Gasteiger partial charge on any atom is -0.310 e. The summed E-state index contributed by atoms with van der Waals surface area (Å²) < 4.78 is 13.9. The van der Waals surface area contributed by atoms with Crippen LogP contribution < -0.4 is 5.32 Å². The molecule has 1 N–H and O–H groups in total. The Morgan fingerprint density at radius 2 is 2.11 bits per heavy atom. The zero-order valence-corrected chi connectivity index (χ0v) is 11.4. The smallest absolute Gasteiger partial charge is 0.126 e. The Balaban J connectivity index is 2.22. The number of benzene rings is 1. The zero-order chi connectivity index (χ0) is 13.7. The van der Waals surface area contributed by atoms with E-state index in [-0.39, 0.29) is 11.9 Å². The predicted molar refractivity (Wildman–Crippen MR) is 75.5 cm³/mol. The summed E-state index contributed by atoms with van der Waals surface area (Å²) in [5.41, 5.74) is 2.68. The van der Waals surface area contributed by atoms with Crippen LogP contribution in [0, 0.1) is 5.82 Å². The maximum atomic E-state index is 13.9. The molecule has 0 aliphatic carbocycles. The van der Waals surface area contributed by atoms with Gasteiger partial charge in [0.15, 0.2) is 0 Å². The van der Waals surface area contributed by atoms with Crippen molar-refractivity contribution in [3.05, 3.63) is 65.2 Å². The summed E-state index contributed by atoms with van der Waals surface area (Å²) >= 11 is 0. The Morgan fingerprint density at radius 1 is 1.26 bits per heavy atom. The first-order valence-corrected chi connectivity index (χ1v) is 6.62. The molecule has 1 atom stereocenters. The van der Waals surface area contributed by atoms with Crippen molar-refractivity contribution in [3.63, 3.8) is 0 Å². The van der Waals surface area contributed by atoms with Gasteiger partial charge in [0.2, 0.25) is 0 Å². The van der Waals surface area contributed by atoms with Gasteiger partial charge in [-0.2, -0.15) is 0 Å². The van der Waals surface area contributed by atoms with Crippen LogP contribution in [0.1, 0.15) is 36.7 Å². The molecule has 1 unspecified atom stereocenters. The number of hydrogen-bond donors (Lipinski definition) is 1. The van der Waals surface area contributed by atoms with E-state index in [2.05, 4.69) is 24.1 Å². The van der Waals surface area contributed by atoms with Gasteiger partial charge in [0.25, 0.3) is 0 Å². The van der Waals surface area contributed by atoms with Crippen molar-refractivity contribution < 1.29 is 4.39 Å². The number of nitrogens with zero attached hydrogens (tertiary/aromatic N) is 1. The van der Waals surface area contributed by atoms with Crippen LogP contribution in [0.5, 0.6) is 0 Å². The topological polar surface area (TPSA) is 24.9 Å². The molecule has 1 aromatic carbocycles. The molecule has 0 radical (unpaired) electrons. The second kappa shape index (κ2) is 6.43. The fourth-order valence-electron chi connectivity index (χ4n) is 2.12. The molecule has 0 aliphatic heterocycles. The maximum absolute atomic E-state index is 13.9. The van der Waals surface area contributed by atoms with E-state index >= 15 is 0 Å². The summed E-state index contributed by atoms with van der Waals surface area (Å²) in [7, 11) is 0. The minimum absolute atomic E-state index is 0.168. The molecule has 100 valence electrons. The number of nitrogens with one attached hydrogen (secondary N) is 1. The molecule has 0 fully saturated rings. The van der Waals surface area contributed by atoms with Gasteiger partial charge in [-0.25, -0.2) is 4.39 Å². The minimum atomic E-state index is -0.168. The van der Waals surface area contributed by atoms with Crippen LogP contribution in [-0.2, 0) is 6.42 Å². The quantitative estimate of drug-likeness (QED) is 0.888. The van der Waals surface area contributed by atoms with Crippen molar-refractivity contribution >= 4 is 0 Å². The van der Waals surface area contributed by atoms with Gasteiger partial charge in [-0.1, -0.05) is 25.1 Å². The fraction of sp³-hybridized carbons (Fsp3) is 0.312. The molecule has 1 aromatic heterocycles. The summed E-state index contributed by atoms with van der Waals surface area (Å²) in [4.78, 5) is 4.24. The lowest BCUT2D eigenvalue weighted by Crippen LogP contribution is -2.18. The van der Waals surface area contributed by atoms with E-state index in [9.17, 15) is 4.39 Å². The predicted octanol–water partition coefficient (Wildman–Crippen LogP) is 3.48. The highest BCUT2D eigenvalue weighted by Gasteiger charge is 2.09. The van der Waals surface area contributed by atoms with E-state index in [1.165, 1.54) is 0 Å². The number of hydrogen-bond acceptors (Lipinski definition) is 2. The van der Waals surface area contributed by atoms with E-state index in [0.717, 1.165) is 17.8 Å². The van der Waals surface area contributed by atoms with Crippen LogP contribution in [0.4, 0.5) is 4.39 Å². The van der Waals surface area contributed by atoms with Gasteiger partial charge in [0.05, 0.1) is 0 Å². The lowest BCUT2D eigenvalue weighted by Gasteiger charge is -2.14. The molecular formula is C16H19FN2. The first-order chi connectivity index (χ1) is 9.20. The molecule has 0 saturated heterocycles. The Morgan fingerprint density at radius 3 is 2.79 bits per heavy atom. The standard InChI is InChI=1S/C16H19FN2/c1-3-18-12(2)13-7-8-16(17)14(10-13)11-15-6-4-5-9-19-15/h4-10,12,18H,3,11H2,1-2H3. The highest BCUT2D eigenvalue weighted by atomic mass is 19.1. The summed E-state index contributed by atoms with van der Waals surface area (Å²) in [6.07, 6.45) is 2.26. The van der Waals surface area contributed by atoms with E-state index in [1.54, 1.807) is 12.3 Å². The summed E-state index contributed by atoms with van der Waals surface area (Å²) in [6, 6.07) is 11.2. The van der Waals surface area contributed by atoms with Gasteiger partial charge in [0.1, 0.15) is 5.82 Å². The average Bonchev–Trinajstić information content (AvgIpc) is 2.42. The Bertz CT molecular complexity index is 526. The summed E-state index contributed by atoms with van der Waals surface area (Å²) in [5, 5.41) is 3.33. The monoisotopic (exact) mass is 258 g/mol. The van der Waals surface area contributed by atoms with Crippen molar-refractivity contribution in [3.8, 4) is 0 Å². The maximum Gasteiger partial charge on any atom is 0.126 e. The van der Waals surface area contributed by atoms with Crippen molar-refractivity contribution in [1.82, 2.24) is 10.3 Å². The number of aromatic nitrogens is 1. The van der Waals surface area contributed by atoms with Gasteiger partial charge in [0, 0.05) is 24.4 Å². The number of halogens is 1. The summed E-state index contributed by atoms with van der Waals surface area (Å²) in [5.74, 6) is -0.168. The Hall–Kier alpha value is -1.74. The first-order valence-electron chi connectivity index (χ1n) is 6.62. The Labute approximate surface area is 113 Å². The van der Waals surface area contributed by atoms with Gasteiger partial charge < -0.3 is 5.32 Å². The molecule has 19 heavy (non-hydrogen) atoms. The first kappa shape index (κ1) is 13.7. The molecular weight excluding hydrogens is 239 g/mol. The Kier molecular flexibility index (Phi) is 4.63. The normalized spacial score (nSPS) is 12.4.